The minimum Gasteiger partial charge on any atom is -0.331 e. The van der Waals surface area contributed by atoms with Crippen LogP contribution in [0.15, 0.2) is 30.3 Å². The largest absolute Gasteiger partial charge is 0.331 e. The number of benzene rings is 1. The summed E-state index contributed by atoms with van der Waals surface area (Å²) in [7, 11) is 0. The Kier molecular flexibility index (Phi) is 2.79. The Morgan fingerprint density at radius 3 is 2.86 bits per heavy atom. The van der Waals surface area contributed by atoms with Gasteiger partial charge < -0.3 is 10.2 Å². The topological polar surface area (TPSA) is 32.3 Å². The Balaban J connectivity index is 2.08. The summed E-state index contributed by atoms with van der Waals surface area (Å²) < 4.78 is 0. The second kappa shape index (κ2) is 4.24. The van der Waals surface area contributed by atoms with Gasteiger partial charge in [0.15, 0.2) is 0 Å². The van der Waals surface area contributed by atoms with Gasteiger partial charge in [-0.25, -0.2) is 0 Å². The molecule has 1 saturated heterocycles. The third kappa shape index (κ3) is 1.93. The van der Waals surface area contributed by atoms with Gasteiger partial charge >= 0.3 is 6.41 Å². The molecule has 1 heterocycles. The smallest absolute Gasteiger partial charge is 0.312 e. The molecule has 0 aliphatic carbocycles. The molecule has 3 heteroatoms. The molecule has 1 aromatic carbocycles. The predicted octanol–water partition coefficient (Wildman–Crippen LogP) is 0.700. The third-order valence-corrected chi connectivity index (χ3v) is 2.51. The van der Waals surface area contributed by atoms with Gasteiger partial charge in [-0.05, 0) is 5.56 Å². The summed E-state index contributed by atoms with van der Waals surface area (Å²) in [6, 6.07) is 10.4. The highest BCUT2D eigenvalue weighted by atomic mass is 16.1. The molecule has 1 aliphatic heterocycles. The van der Waals surface area contributed by atoms with Gasteiger partial charge in [0, 0.05) is 25.7 Å². The normalized spacial score (nSPS) is 22.0. The maximum Gasteiger partial charge on any atom is 0.312 e. The van der Waals surface area contributed by atoms with Crippen molar-refractivity contribution in [2.45, 2.75) is 6.04 Å². The average molecular weight is 189 g/mol. The lowest BCUT2D eigenvalue weighted by Gasteiger charge is -2.30. The molecule has 1 aliphatic rings. The molecule has 2 rings (SSSR count). The molecule has 0 aromatic heterocycles. The maximum absolute atomic E-state index is 10.5. The molecule has 0 bridgehead atoms. The van der Waals surface area contributed by atoms with Crippen LogP contribution in [-0.4, -0.2) is 30.9 Å². The number of nitrogens with one attached hydrogen (secondary N) is 1. The number of piperazine rings is 1. The first-order valence-corrected chi connectivity index (χ1v) is 4.81. The van der Waals surface area contributed by atoms with Crippen molar-refractivity contribution in [3.8, 4) is 0 Å². The summed E-state index contributed by atoms with van der Waals surface area (Å²) in [5, 5.41) is 3.38. The highest BCUT2D eigenvalue weighted by Crippen LogP contribution is 2.15. The Bertz CT molecular complexity index is 299. The van der Waals surface area contributed by atoms with Crippen molar-refractivity contribution in [2.24, 2.45) is 0 Å². The van der Waals surface area contributed by atoms with Crippen molar-refractivity contribution in [1.29, 1.82) is 0 Å². The average Bonchev–Trinajstić information content (AvgIpc) is 2.30. The third-order valence-electron chi connectivity index (χ3n) is 2.51. The quantitative estimate of drug-likeness (QED) is 0.742. The molecule has 1 atom stereocenters. The molecule has 3 nitrogen and oxygen atoms in total. The van der Waals surface area contributed by atoms with Crippen LogP contribution >= 0.6 is 0 Å². The fourth-order valence-corrected chi connectivity index (χ4v) is 1.74. The van der Waals surface area contributed by atoms with Crippen molar-refractivity contribution >= 4 is 6.41 Å². The van der Waals surface area contributed by atoms with Gasteiger partial charge in [0.2, 0.25) is 0 Å². The number of hydrogen-bond donors (Lipinski definition) is 1. The molecule has 14 heavy (non-hydrogen) atoms. The molecule has 1 radical (unpaired) electrons. The maximum atomic E-state index is 10.5. The summed E-state index contributed by atoms with van der Waals surface area (Å²) in [4.78, 5) is 12.2. The molecule has 1 aromatic rings. The van der Waals surface area contributed by atoms with Crippen molar-refractivity contribution in [2.75, 3.05) is 19.6 Å². The molecule has 0 spiro atoms. The lowest BCUT2D eigenvalue weighted by Crippen LogP contribution is -2.44. The van der Waals surface area contributed by atoms with E-state index >= 15 is 0 Å². The summed E-state index contributed by atoms with van der Waals surface area (Å²) >= 11 is 0. The summed E-state index contributed by atoms with van der Waals surface area (Å²) in [5.41, 5.74) is 1.23. The Hall–Kier alpha value is -1.35. The van der Waals surface area contributed by atoms with Crippen LogP contribution in [-0.2, 0) is 4.79 Å². The number of amides is 1. The van der Waals surface area contributed by atoms with Crippen LogP contribution in [0.5, 0.6) is 0 Å². The number of carbonyl (C=O) groups excluding carboxylic acids is 1. The molecule has 0 saturated carbocycles. The van der Waals surface area contributed by atoms with E-state index in [0.717, 1.165) is 13.1 Å². The predicted molar refractivity (Wildman–Crippen MR) is 54.5 cm³/mol. The van der Waals surface area contributed by atoms with E-state index in [2.05, 4.69) is 17.4 Å². The van der Waals surface area contributed by atoms with E-state index < -0.39 is 0 Å². The van der Waals surface area contributed by atoms with Crippen molar-refractivity contribution in [1.82, 2.24) is 10.2 Å². The Morgan fingerprint density at radius 2 is 2.14 bits per heavy atom. The number of rotatable bonds is 2. The summed E-state index contributed by atoms with van der Waals surface area (Å²) in [6.07, 6.45) is 1.95. The van der Waals surface area contributed by atoms with E-state index in [-0.39, 0.29) is 6.04 Å². The minimum atomic E-state index is 0.256. The monoisotopic (exact) mass is 189 g/mol. The van der Waals surface area contributed by atoms with Gasteiger partial charge in [0.25, 0.3) is 0 Å². The van der Waals surface area contributed by atoms with E-state index in [9.17, 15) is 4.79 Å². The van der Waals surface area contributed by atoms with Crippen LogP contribution in [0.4, 0.5) is 0 Å². The number of hydrogen-bond acceptors (Lipinski definition) is 2. The molecular formula is C11H13N2O. The molecule has 1 N–H and O–H groups in total. The van der Waals surface area contributed by atoms with Crippen molar-refractivity contribution in [3.63, 3.8) is 0 Å². The second-order valence-electron chi connectivity index (χ2n) is 3.45. The van der Waals surface area contributed by atoms with Gasteiger partial charge in [-0.2, -0.15) is 0 Å². The Labute approximate surface area is 83.7 Å². The summed E-state index contributed by atoms with van der Waals surface area (Å²) in [5.74, 6) is 0. The highest BCUT2D eigenvalue weighted by Gasteiger charge is 2.19. The van der Waals surface area contributed by atoms with Crippen LogP contribution in [0.1, 0.15) is 11.6 Å². The van der Waals surface area contributed by atoms with Gasteiger partial charge in [-0.3, -0.25) is 4.79 Å². The van der Waals surface area contributed by atoms with Gasteiger partial charge in [-0.1, -0.05) is 30.3 Å². The van der Waals surface area contributed by atoms with E-state index in [1.165, 1.54) is 5.56 Å². The minimum absolute atomic E-state index is 0.256. The lowest BCUT2D eigenvalue weighted by molar-refractivity contribution is 0.281. The van der Waals surface area contributed by atoms with Gasteiger partial charge in [0.1, 0.15) is 0 Å². The highest BCUT2D eigenvalue weighted by molar-refractivity contribution is 5.48. The van der Waals surface area contributed by atoms with E-state index in [1.54, 1.807) is 4.90 Å². The SMILES string of the molecule is O=[C]N1CCNC(c2ccccc2)C1. The van der Waals surface area contributed by atoms with Crippen LogP contribution in [0.3, 0.4) is 0 Å². The zero-order valence-electron chi connectivity index (χ0n) is 7.94. The van der Waals surface area contributed by atoms with Crippen LogP contribution in [0, 0.1) is 0 Å². The van der Waals surface area contributed by atoms with E-state index in [1.807, 2.05) is 24.6 Å². The molecule has 1 amide bonds. The fourth-order valence-electron chi connectivity index (χ4n) is 1.74. The first kappa shape index (κ1) is 9.21. The van der Waals surface area contributed by atoms with Gasteiger partial charge in [-0.15, -0.1) is 0 Å². The fraction of sp³-hybridized carbons (Fsp3) is 0.364. The first-order valence-electron chi connectivity index (χ1n) is 4.81. The zero-order chi connectivity index (χ0) is 9.80. The van der Waals surface area contributed by atoms with Gasteiger partial charge in [0.05, 0.1) is 0 Å². The lowest BCUT2D eigenvalue weighted by atomic mass is 10.1. The standard InChI is InChI=1S/C11H13N2O/c14-9-13-7-6-12-11(8-13)10-4-2-1-3-5-10/h1-5,11-12H,6-8H2. The van der Waals surface area contributed by atoms with Crippen molar-refractivity contribution < 1.29 is 4.79 Å². The molecule has 1 fully saturated rings. The van der Waals surface area contributed by atoms with E-state index in [0.29, 0.717) is 6.54 Å². The van der Waals surface area contributed by atoms with Crippen LogP contribution < -0.4 is 5.32 Å². The van der Waals surface area contributed by atoms with Crippen molar-refractivity contribution in [3.05, 3.63) is 35.9 Å². The second-order valence-corrected chi connectivity index (χ2v) is 3.45. The van der Waals surface area contributed by atoms with E-state index in [4.69, 9.17) is 0 Å². The zero-order valence-corrected chi connectivity index (χ0v) is 7.94. The first-order chi connectivity index (χ1) is 6.90. The molecular weight excluding hydrogens is 176 g/mol. The van der Waals surface area contributed by atoms with Crippen LogP contribution in [0.2, 0.25) is 0 Å². The molecule has 1 unspecified atom stereocenters. The number of nitrogens with zero attached hydrogens (tertiary/aromatic N) is 1. The molecule has 73 valence electrons. The van der Waals surface area contributed by atoms with Crippen LogP contribution in [0.25, 0.3) is 0 Å². The Morgan fingerprint density at radius 1 is 1.36 bits per heavy atom. The summed E-state index contributed by atoms with van der Waals surface area (Å²) in [6.45, 7) is 2.31.